The molecule has 0 bridgehead atoms. The molecule has 1 aromatic carbocycles. The highest BCUT2D eigenvalue weighted by Gasteiger charge is 2.32. The number of ether oxygens (including phenoxy) is 1. The van der Waals surface area contributed by atoms with Crippen LogP contribution in [0.2, 0.25) is 0 Å². The highest BCUT2D eigenvalue weighted by Crippen LogP contribution is 2.30. The molecular weight excluding hydrogens is 442 g/mol. The molecule has 0 unspecified atom stereocenters. The Morgan fingerprint density at radius 1 is 1.09 bits per heavy atom. The van der Waals surface area contributed by atoms with Crippen molar-refractivity contribution in [3.05, 3.63) is 46.4 Å². The zero-order valence-electron chi connectivity index (χ0n) is 19.3. The second kappa shape index (κ2) is 9.82. The van der Waals surface area contributed by atoms with Gasteiger partial charge < -0.3 is 15.4 Å². The normalized spacial score (nSPS) is 18.2. The lowest BCUT2D eigenvalue weighted by Crippen LogP contribution is -2.50. The fourth-order valence-corrected chi connectivity index (χ4v) is 5.75. The van der Waals surface area contributed by atoms with E-state index in [-0.39, 0.29) is 24.0 Å². The van der Waals surface area contributed by atoms with Crippen LogP contribution in [0.15, 0.2) is 35.3 Å². The minimum atomic E-state index is -3.31. The third kappa shape index (κ3) is 4.78. The molecule has 9 nitrogen and oxygen atoms in total. The highest BCUT2D eigenvalue weighted by atomic mass is 32.2. The third-order valence-corrected chi connectivity index (χ3v) is 8.75. The van der Waals surface area contributed by atoms with Crippen LogP contribution in [0.1, 0.15) is 45.1 Å². The number of hydrogen-bond acceptors (Lipinski definition) is 7. The fraction of sp³-hybridized carbons (Fsp3) is 0.565. The van der Waals surface area contributed by atoms with Gasteiger partial charge in [0.05, 0.1) is 23.2 Å². The molecule has 1 aromatic heterocycles. The van der Waals surface area contributed by atoms with Gasteiger partial charge in [0.1, 0.15) is 5.69 Å². The van der Waals surface area contributed by atoms with E-state index in [4.69, 9.17) is 10.5 Å². The summed E-state index contributed by atoms with van der Waals surface area (Å²) in [4.78, 5) is 15.6. The predicted molar refractivity (Wildman–Crippen MR) is 128 cm³/mol. The third-order valence-electron chi connectivity index (χ3n) is 6.48. The Kier molecular flexibility index (Phi) is 7.06. The van der Waals surface area contributed by atoms with Crippen LogP contribution < -0.4 is 20.9 Å². The van der Waals surface area contributed by atoms with Crippen LogP contribution >= 0.6 is 0 Å². The molecule has 2 aromatic rings. The molecule has 10 heteroatoms. The Morgan fingerprint density at radius 3 is 2.39 bits per heavy atom. The van der Waals surface area contributed by atoms with Crippen LogP contribution in [-0.4, -0.2) is 60.0 Å². The lowest BCUT2D eigenvalue weighted by Gasteiger charge is -2.36. The van der Waals surface area contributed by atoms with E-state index in [0.29, 0.717) is 37.6 Å². The van der Waals surface area contributed by atoms with Gasteiger partial charge in [-0.25, -0.2) is 8.42 Å². The molecule has 2 fully saturated rings. The standard InChI is InChI=1S/C23H33N5O4S/c1-17(2)33(30,31)27-13-11-26(12-14-27)21-16-25-28(20-10-6-3-7-18(20)15-24)23(29)22(21)32-19-8-4-5-9-19/h3,6-7,10,16-17,19H,4-5,8-9,11-15,24H2,1-2H3. The summed E-state index contributed by atoms with van der Waals surface area (Å²) in [6.07, 6.45) is 5.66. The maximum Gasteiger partial charge on any atom is 0.316 e. The largest absolute Gasteiger partial charge is 0.483 e. The minimum Gasteiger partial charge on any atom is -0.483 e. The first-order valence-electron chi connectivity index (χ1n) is 11.6. The van der Waals surface area contributed by atoms with Crippen LogP contribution in [-0.2, 0) is 16.6 Å². The number of anilines is 1. The number of nitrogens with two attached hydrogens (primary N) is 1. The molecule has 33 heavy (non-hydrogen) atoms. The van der Waals surface area contributed by atoms with Crippen molar-refractivity contribution in [3.8, 4) is 11.4 Å². The number of sulfonamides is 1. The van der Waals surface area contributed by atoms with Crippen molar-refractivity contribution in [2.24, 2.45) is 5.73 Å². The molecule has 2 N–H and O–H groups in total. The first-order chi connectivity index (χ1) is 15.8. The van der Waals surface area contributed by atoms with Gasteiger partial charge in [-0.05, 0) is 51.2 Å². The SMILES string of the molecule is CC(C)S(=O)(=O)N1CCN(c2cnn(-c3ccccc3CN)c(=O)c2OC2CCCC2)CC1. The van der Waals surface area contributed by atoms with Crippen molar-refractivity contribution in [1.82, 2.24) is 14.1 Å². The van der Waals surface area contributed by atoms with Gasteiger partial charge in [-0.3, -0.25) is 4.79 Å². The molecule has 0 radical (unpaired) electrons. The van der Waals surface area contributed by atoms with E-state index in [1.807, 2.05) is 29.2 Å². The van der Waals surface area contributed by atoms with E-state index in [1.54, 1.807) is 20.0 Å². The Bertz CT molecular complexity index is 1130. The summed E-state index contributed by atoms with van der Waals surface area (Å²) in [7, 11) is -3.31. The molecule has 1 aliphatic carbocycles. The number of benzene rings is 1. The average Bonchev–Trinajstić information content (AvgIpc) is 3.33. The van der Waals surface area contributed by atoms with Crippen molar-refractivity contribution in [1.29, 1.82) is 0 Å². The molecule has 0 atom stereocenters. The molecule has 2 heterocycles. The monoisotopic (exact) mass is 475 g/mol. The van der Waals surface area contributed by atoms with Crippen LogP contribution in [0.5, 0.6) is 5.75 Å². The van der Waals surface area contributed by atoms with Gasteiger partial charge in [0.25, 0.3) is 0 Å². The summed E-state index contributed by atoms with van der Waals surface area (Å²) in [5.74, 6) is 0.281. The highest BCUT2D eigenvalue weighted by molar-refractivity contribution is 7.89. The van der Waals surface area contributed by atoms with Gasteiger partial charge in [-0.2, -0.15) is 14.1 Å². The second-order valence-corrected chi connectivity index (χ2v) is 11.4. The van der Waals surface area contributed by atoms with Crippen LogP contribution in [0, 0.1) is 0 Å². The molecule has 4 rings (SSSR count). The van der Waals surface area contributed by atoms with E-state index in [0.717, 1.165) is 31.2 Å². The zero-order chi connectivity index (χ0) is 23.6. The molecule has 1 saturated carbocycles. The first-order valence-corrected chi connectivity index (χ1v) is 13.1. The number of hydrogen-bond donors (Lipinski definition) is 1. The Morgan fingerprint density at radius 2 is 1.76 bits per heavy atom. The number of piperazine rings is 1. The van der Waals surface area contributed by atoms with Gasteiger partial charge in [0.15, 0.2) is 0 Å². The summed E-state index contributed by atoms with van der Waals surface area (Å²) in [5.41, 5.74) is 7.64. The lowest BCUT2D eigenvalue weighted by molar-refractivity contribution is 0.205. The van der Waals surface area contributed by atoms with Gasteiger partial charge in [-0.1, -0.05) is 18.2 Å². The lowest BCUT2D eigenvalue weighted by atomic mass is 10.2. The Labute approximate surface area is 195 Å². The van der Waals surface area contributed by atoms with Crippen molar-refractivity contribution < 1.29 is 13.2 Å². The van der Waals surface area contributed by atoms with Gasteiger partial charge in [-0.15, -0.1) is 0 Å². The van der Waals surface area contributed by atoms with Crippen LogP contribution in [0.3, 0.4) is 0 Å². The maximum atomic E-state index is 13.6. The van der Waals surface area contributed by atoms with E-state index in [2.05, 4.69) is 5.10 Å². The van der Waals surface area contributed by atoms with Crippen molar-refractivity contribution in [2.75, 3.05) is 31.1 Å². The van der Waals surface area contributed by atoms with Crippen LogP contribution in [0.4, 0.5) is 5.69 Å². The van der Waals surface area contributed by atoms with E-state index >= 15 is 0 Å². The van der Waals surface area contributed by atoms with Gasteiger partial charge in [0, 0.05) is 32.7 Å². The number of nitrogens with zero attached hydrogens (tertiary/aromatic N) is 4. The number of para-hydroxylation sites is 1. The first kappa shape index (κ1) is 23.7. The molecule has 1 saturated heterocycles. The minimum absolute atomic E-state index is 0.000315. The smallest absolute Gasteiger partial charge is 0.316 e. The Balaban J connectivity index is 1.68. The van der Waals surface area contributed by atoms with E-state index in [1.165, 1.54) is 8.99 Å². The summed E-state index contributed by atoms with van der Waals surface area (Å²) < 4.78 is 34.3. The van der Waals surface area contributed by atoms with E-state index in [9.17, 15) is 13.2 Å². The number of aromatic nitrogens is 2. The van der Waals surface area contributed by atoms with Crippen molar-refractivity contribution in [3.63, 3.8) is 0 Å². The summed E-state index contributed by atoms with van der Waals surface area (Å²) in [6, 6.07) is 7.43. The van der Waals surface area contributed by atoms with Gasteiger partial charge >= 0.3 is 5.56 Å². The van der Waals surface area contributed by atoms with E-state index < -0.39 is 15.3 Å². The van der Waals surface area contributed by atoms with Gasteiger partial charge in [0.2, 0.25) is 15.8 Å². The van der Waals surface area contributed by atoms with Crippen LogP contribution in [0.25, 0.3) is 5.69 Å². The fourth-order valence-electron chi connectivity index (χ4n) is 4.48. The predicted octanol–water partition coefficient (Wildman–Crippen LogP) is 1.87. The van der Waals surface area contributed by atoms with Crippen molar-refractivity contribution in [2.45, 2.75) is 57.4 Å². The second-order valence-electron chi connectivity index (χ2n) is 8.91. The zero-order valence-corrected chi connectivity index (χ0v) is 20.1. The Hall–Kier alpha value is -2.43. The summed E-state index contributed by atoms with van der Waals surface area (Å²) in [5, 5.41) is 4.00. The maximum absolute atomic E-state index is 13.6. The molecule has 0 amide bonds. The molecule has 2 aliphatic rings. The topological polar surface area (TPSA) is 111 Å². The quantitative estimate of drug-likeness (QED) is 0.651. The molecular formula is C23H33N5O4S. The molecule has 0 spiro atoms. The molecule has 1 aliphatic heterocycles. The number of rotatable bonds is 7. The molecule has 180 valence electrons. The average molecular weight is 476 g/mol. The summed E-state index contributed by atoms with van der Waals surface area (Å²) in [6.45, 7) is 5.34. The van der Waals surface area contributed by atoms with Crippen molar-refractivity contribution >= 4 is 15.7 Å². The summed E-state index contributed by atoms with van der Waals surface area (Å²) >= 11 is 0.